The third-order valence-corrected chi connectivity index (χ3v) is 13.1. The number of pyridine rings is 1. The number of nitrogens with zero attached hydrogens (tertiary/aromatic N) is 12. The molecule has 3 fully saturated rings. The summed E-state index contributed by atoms with van der Waals surface area (Å²) < 4.78 is 4.38. The zero-order valence-corrected chi connectivity index (χ0v) is 35.8. The molecule has 0 atom stereocenters. The van der Waals surface area contributed by atoms with Crippen LogP contribution in [0.15, 0.2) is 104 Å². The van der Waals surface area contributed by atoms with Crippen molar-refractivity contribution in [3.63, 3.8) is 0 Å². The van der Waals surface area contributed by atoms with E-state index in [0.717, 1.165) is 99.4 Å². The summed E-state index contributed by atoms with van der Waals surface area (Å²) in [6, 6.07) is 29.4. The van der Waals surface area contributed by atoms with Crippen LogP contribution in [-0.2, 0) is 0 Å². The van der Waals surface area contributed by atoms with Crippen LogP contribution >= 0.6 is 11.5 Å². The second kappa shape index (κ2) is 20.2. The lowest BCUT2D eigenvalue weighted by atomic mass is 9.83. The predicted octanol–water partition coefficient (Wildman–Crippen LogP) is 10.8. The molecule has 310 valence electrons. The molecule has 4 heterocycles. The maximum Gasteiger partial charge on any atom is 0.175 e. The molecule has 0 N–H and O–H groups in total. The summed E-state index contributed by atoms with van der Waals surface area (Å²) in [4.78, 5) is 19.4. The van der Waals surface area contributed by atoms with Gasteiger partial charge in [0.25, 0.3) is 0 Å². The maximum atomic E-state index is 9.39. The van der Waals surface area contributed by atoms with Gasteiger partial charge in [-0.25, -0.2) is 4.98 Å². The number of anilines is 2. The number of aliphatic imine (C=N–C) groups is 1. The van der Waals surface area contributed by atoms with Crippen LogP contribution in [0.25, 0.3) is 11.0 Å². The molecular formula is C47H56N12S. The Hall–Kier alpha value is -5.42. The van der Waals surface area contributed by atoms with Crippen molar-refractivity contribution >= 4 is 62.2 Å². The molecule has 3 aromatic carbocycles. The number of piperazine rings is 2. The van der Waals surface area contributed by atoms with Crippen LogP contribution in [0, 0.1) is 24.2 Å². The van der Waals surface area contributed by atoms with E-state index in [2.05, 4.69) is 111 Å². The summed E-state index contributed by atoms with van der Waals surface area (Å²) in [5.41, 5.74) is 7.88. The molecule has 1 saturated carbocycles. The van der Waals surface area contributed by atoms with E-state index in [9.17, 15) is 5.26 Å². The van der Waals surface area contributed by atoms with Crippen LogP contribution in [0.2, 0.25) is 0 Å². The average molecular weight is 821 g/mol. The largest absolute Gasteiger partial charge is 0.369 e. The Balaban J connectivity index is 0.721. The quantitative estimate of drug-likeness (QED) is 0.0807. The second-order valence-corrected chi connectivity index (χ2v) is 17.1. The van der Waals surface area contributed by atoms with Gasteiger partial charge in [-0.15, -0.1) is 10.2 Å². The van der Waals surface area contributed by atoms with E-state index in [1.807, 2.05) is 37.4 Å². The normalized spacial score (nSPS) is 19.6. The molecule has 12 nitrogen and oxygen atoms in total. The van der Waals surface area contributed by atoms with Crippen molar-refractivity contribution in [2.24, 2.45) is 31.4 Å². The van der Waals surface area contributed by atoms with E-state index < -0.39 is 0 Å². The molecule has 2 aromatic heterocycles. The molecule has 2 saturated heterocycles. The first-order chi connectivity index (χ1) is 29.5. The summed E-state index contributed by atoms with van der Waals surface area (Å²) in [7, 11) is 0. The van der Waals surface area contributed by atoms with Crippen molar-refractivity contribution < 1.29 is 0 Å². The number of aromatic nitrogens is 2. The Morgan fingerprint density at radius 2 is 1.25 bits per heavy atom. The van der Waals surface area contributed by atoms with Gasteiger partial charge in [-0.3, -0.25) is 14.8 Å². The van der Waals surface area contributed by atoms with Crippen LogP contribution in [0.5, 0.6) is 0 Å². The standard InChI is InChI=1S/C47H56N12S/c1-3-4-5-36-6-10-39(11-7-36)49-34-37-8-12-40(13-9-37)51-52-41-14-18-43(19-15-41)58-28-24-56(25-29-58)22-23-57-26-30-59(31-27-57)44-20-16-42(17-21-44)53-54-47-45-32-38(33-48)35(2)50-46(45)55-60-47/h8-9,12-21,32,34,36,39H,3-7,10-11,22-31H2,1-2H3. The van der Waals surface area contributed by atoms with Crippen molar-refractivity contribution in [1.82, 2.24) is 19.2 Å². The van der Waals surface area contributed by atoms with E-state index in [-0.39, 0.29) is 0 Å². The Labute approximate surface area is 358 Å². The topological polar surface area (TPSA) is 124 Å². The van der Waals surface area contributed by atoms with Gasteiger partial charge in [0.05, 0.1) is 33.7 Å². The Bertz CT molecular complexity index is 2270. The Morgan fingerprint density at radius 3 is 1.78 bits per heavy atom. The fourth-order valence-corrected chi connectivity index (χ4v) is 9.09. The van der Waals surface area contributed by atoms with Gasteiger partial charge in [0.15, 0.2) is 10.6 Å². The lowest BCUT2D eigenvalue weighted by Crippen LogP contribution is -2.51. The van der Waals surface area contributed by atoms with E-state index in [1.54, 1.807) is 6.07 Å². The first kappa shape index (κ1) is 41.3. The van der Waals surface area contributed by atoms with Crippen molar-refractivity contribution in [3.05, 3.63) is 95.7 Å². The van der Waals surface area contributed by atoms with Crippen molar-refractivity contribution in [2.75, 3.05) is 75.2 Å². The van der Waals surface area contributed by atoms with E-state index >= 15 is 0 Å². The Morgan fingerprint density at radius 1 is 0.717 bits per heavy atom. The summed E-state index contributed by atoms with van der Waals surface area (Å²) in [5.74, 6) is 0.915. The zero-order chi connectivity index (χ0) is 41.1. The number of unbranched alkanes of at least 4 members (excludes halogenated alkanes) is 1. The van der Waals surface area contributed by atoms with Crippen molar-refractivity contribution in [1.29, 1.82) is 5.26 Å². The molecule has 60 heavy (non-hydrogen) atoms. The summed E-state index contributed by atoms with van der Waals surface area (Å²) in [6.07, 6.45) is 11.2. The van der Waals surface area contributed by atoms with Crippen LogP contribution in [-0.4, -0.2) is 96.9 Å². The lowest BCUT2D eigenvalue weighted by Gasteiger charge is -2.39. The fourth-order valence-electron chi connectivity index (χ4n) is 8.46. The van der Waals surface area contributed by atoms with Crippen LogP contribution in [0.1, 0.15) is 68.7 Å². The molecule has 0 radical (unpaired) electrons. The number of hydrogen-bond acceptors (Lipinski definition) is 13. The van der Waals surface area contributed by atoms with E-state index in [0.29, 0.717) is 27.9 Å². The number of nitriles is 1. The van der Waals surface area contributed by atoms with Crippen LogP contribution in [0.3, 0.4) is 0 Å². The highest BCUT2D eigenvalue weighted by Crippen LogP contribution is 2.33. The van der Waals surface area contributed by atoms with Crippen LogP contribution < -0.4 is 9.80 Å². The smallest absolute Gasteiger partial charge is 0.175 e. The number of azo groups is 2. The van der Waals surface area contributed by atoms with Gasteiger partial charge in [0, 0.05) is 89.1 Å². The predicted molar refractivity (Wildman–Crippen MR) is 245 cm³/mol. The SMILES string of the molecule is CCCCC1CCC(N=Cc2ccc(N=Nc3ccc(N4CCN(CCN5CCN(c6ccc(N=Nc7snc8nc(C)c(C#N)cc78)cc6)CC5)CC4)cc3)cc2)CC1. The minimum absolute atomic E-state index is 0.472. The van der Waals surface area contributed by atoms with Gasteiger partial charge < -0.3 is 9.80 Å². The molecule has 13 heteroatoms. The monoisotopic (exact) mass is 820 g/mol. The third kappa shape index (κ3) is 10.8. The molecule has 0 amide bonds. The molecule has 2 aliphatic heterocycles. The molecule has 0 unspecified atom stereocenters. The summed E-state index contributed by atoms with van der Waals surface area (Å²) >= 11 is 1.25. The number of rotatable bonds is 14. The summed E-state index contributed by atoms with van der Waals surface area (Å²) in [6.45, 7) is 14.6. The van der Waals surface area contributed by atoms with Gasteiger partial charge in [-0.2, -0.15) is 19.9 Å². The fraction of sp³-hybridized carbons (Fsp3) is 0.447. The highest BCUT2D eigenvalue weighted by molar-refractivity contribution is 7.11. The molecule has 8 rings (SSSR count). The molecular weight excluding hydrogens is 765 g/mol. The second-order valence-electron chi connectivity index (χ2n) is 16.4. The van der Waals surface area contributed by atoms with Gasteiger partial charge in [0.1, 0.15) is 6.07 Å². The number of hydrogen-bond donors (Lipinski definition) is 0. The average Bonchev–Trinajstić information content (AvgIpc) is 3.70. The van der Waals surface area contributed by atoms with Crippen molar-refractivity contribution in [3.8, 4) is 6.07 Å². The zero-order valence-electron chi connectivity index (χ0n) is 35.0. The van der Waals surface area contributed by atoms with E-state index in [4.69, 9.17) is 4.99 Å². The molecule has 3 aliphatic rings. The van der Waals surface area contributed by atoms with Gasteiger partial charge in [-0.1, -0.05) is 38.3 Å². The number of aryl methyl sites for hydroxylation is 1. The van der Waals surface area contributed by atoms with Gasteiger partial charge in [-0.05, 0) is 122 Å². The van der Waals surface area contributed by atoms with E-state index in [1.165, 1.54) is 67.9 Å². The van der Waals surface area contributed by atoms with Crippen LogP contribution in [0.4, 0.5) is 33.4 Å². The molecule has 1 aliphatic carbocycles. The number of benzene rings is 3. The van der Waals surface area contributed by atoms with Gasteiger partial charge in [0.2, 0.25) is 0 Å². The highest BCUT2D eigenvalue weighted by atomic mass is 32.1. The minimum atomic E-state index is 0.472. The number of fused-ring (bicyclic) bond motifs is 1. The molecule has 5 aromatic rings. The minimum Gasteiger partial charge on any atom is -0.369 e. The molecule has 0 bridgehead atoms. The lowest BCUT2D eigenvalue weighted by molar-refractivity contribution is 0.190. The first-order valence-electron chi connectivity index (χ1n) is 21.8. The molecule has 0 spiro atoms. The van der Waals surface area contributed by atoms with Gasteiger partial charge >= 0.3 is 0 Å². The maximum absolute atomic E-state index is 9.39. The highest BCUT2D eigenvalue weighted by Gasteiger charge is 2.22. The summed E-state index contributed by atoms with van der Waals surface area (Å²) in [5, 5.41) is 28.7. The third-order valence-electron chi connectivity index (χ3n) is 12.3. The van der Waals surface area contributed by atoms with Crippen molar-refractivity contribution in [2.45, 2.75) is 64.8 Å². The first-order valence-corrected chi connectivity index (χ1v) is 22.6. The Kier molecular flexibility index (Phi) is 13.9.